The molecule has 0 saturated carbocycles. The quantitative estimate of drug-likeness (QED) is 0.746. The Labute approximate surface area is 174 Å². The van der Waals surface area contributed by atoms with Crippen LogP contribution in [0.1, 0.15) is 47.6 Å². The number of nitrogens with zero attached hydrogens (tertiary/aromatic N) is 1. The number of hydrogen-bond donors (Lipinski definition) is 1. The van der Waals surface area contributed by atoms with E-state index in [1.807, 2.05) is 35.2 Å². The molecule has 6 heteroatoms. The Balaban J connectivity index is 1.68. The summed E-state index contributed by atoms with van der Waals surface area (Å²) in [7, 11) is 1.64. The number of nitrogens with one attached hydrogen (secondary N) is 1. The van der Waals surface area contributed by atoms with E-state index >= 15 is 0 Å². The fraction of sp³-hybridized carbons (Fsp3) is 0.364. The van der Waals surface area contributed by atoms with Gasteiger partial charge in [0.1, 0.15) is 5.75 Å². The summed E-state index contributed by atoms with van der Waals surface area (Å²) in [6.07, 6.45) is 4.11. The summed E-state index contributed by atoms with van der Waals surface area (Å²) in [4.78, 5) is 27.2. The first kappa shape index (κ1) is 20.4. The zero-order chi connectivity index (χ0) is 19.9. The van der Waals surface area contributed by atoms with Crippen LogP contribution in [0.4, 0.5) is 0 Å². The van der Waals surface area contributed by atoms with Gasteiger partial charge < -0.3 is 15.0 Å². The Kier molecular flexibility index (Phi) is 7.09. The van der Waals surface area contributed by atoms with Gasteiger partial charge in [-0.3, -0.25) is 9.59 Å². The summed E-state index contributed by atoms with van der Waals surface area (Å²) in [6, 6.07) is 15.1. The zero-order valence-corrected chi connectivity index (χ0v) is 17.6. The summed E-state index contributed by atoms with van der Waals surface area (Å²) in [5.74, 6) is 0.507. The van der Waals surface area contributed by atoms with Crippen molar-refractivity contribution in [2.75, 3.05) is 20.2 Å². The van der Waals surface area contributed by atoms with Crippen LogP contribution < -0.4 is 10.1 Å². The van der Waals surface area contributed by atoms with Crippen molar-refractivity contribution in [2.24, 2.45) is 0 Å². The molecule has 1 unspecified atom stereocenters. The molecule has 0 radical (unpaired) electrons. The molecule has 148 valence electrons. The number of methoxy groups -OCH3 is 1. The molecule has 1 saturated heterocycles. The van der Waals surface area contributed by atoms with Crippen molar-refractivity contribution < 1.29 is 14.3 Å². The predicted octanol–water partition coefficient (Wildman–Crippen LogP) is 4.33. The number of rotatable bonds is 5. The first-order chi connectivity index (χ1) is 13.6. The smallest absolute Gasteiger partial charge is 0.251 e. The third-order valence-electron chi connectivity index (χ3n) is 5.06. The molecule has 1 aliphatic rings. The Morgan fingerprint density at radius 3 is 2.64 bits per heavy atom. The molecule has 28 heavy (non-hydrogen) atoms. The van der Waals surface area contributed by atoms with Crippen LogP contribution in [-0.2, 0) is 4.79 Å². The van der Waals surface area contributed by atoms with Crippen LogP contribution in [0, 0.1) is 0 Å². The fourth-order valence-electron chi connectivity index (χ4n) is 3.57. The van der Waals surface area contributed by atoms with E-state index in [1.165, 1.54) is 0 Å². The van der Waals surface area contributed by atoms with Crippen molar-refractivity contribution in [1.82, 2.24) is 10.2 Å². The number of ether oxygens (including phenoxy) is 1. The average molecular weight is 445 g/mol. The molecule has 1 fully saturated rings. The number of amides is 2. The average Bonchev–Trinajstić information content (AvgIpc) is 2.98. The highest BCUT2D eigenvalue weighted by Crippen LogP contribution is 2.31. The maximum Gasteiger partial charge on any atom is 0.251 e. The van der Waals surface area contributed by atoms with Crippen molar-refractivity contribution in [1.29, 1.82) is 0 Å². The molecule has 1 heterocycles. The van der Waals surface area contributed by atoms with E-state index in [-0.39, 0.29) is 24.4 Å². The molecule has 0 spiro atoms. The van der Waals surface area contributed by atoms with E-state index in [1.54, 1.807) is 25.3 Å². The van der Waals surface area contributed by atoms with E-state index in [0.29, 0.717) is 12.1 Å². The Morgan fingerprint density at radius 1 is 1.14 bits per heavy atom. The first-order valence-corrected chi connectivity index (χ1v) is 10.3. The van der Waals surface area contributed by atoms with Gasteiger partial charge in [0.25, 0.3) is 5.91 Å². The summed E-state index contributed by atoms with van der Waals surface area (Å²) in [5, 5.41) is 2.76. The topological polar surface area (TPSA) is 58.6 Å². The highest BCUT2D eigenvalue weighted by Gasteiger charge is 2.27. The lowest BCUT2D eigenvalue weighted by Gasteiger charge is -2.30. The molecule has 2 aromatic rings. The minimum absolute atomic E-state index is 0.00198. The van der Waals surface area contributed by atoms with Crippen LogP contribution in [0.3, 0.4) is 0 Å². The molecule has 0 bridgehead atoms. The highest BCUT2D eigenvalue weighted by molar-refractivity contribution is 9.10. The second-order valence-electron chi connectivity index (χ2n) is 6.92. The third-order valence-corrected chi connectivity index (χ3v) is 5.55. The van der Waals surface area contributed by atoms with Gasteiger partial charge in [-0.15, -0.1) is 0 Å². The van der Waals surface area contributed by atoms with Crippen LogP contribution in [0.15, 0.2) is 53.0 Å². The summed E-state index contributed by atoms with van der Waals surface area (Å²) < 4.78 is 6.07. The number of benzene rings is 2. The zero-order valence-electron chi connectivity index (χ0n) is 16.0. The van der Waals surface area contributed by atoms with Crippen molar-refractivity contribution in [3.63, 3.8) is 0 Å². The molecule has 3 rings (SSSR count). The third kappa shape index (κ3) is 5.13. The molecular formula is C22H25BrN2O3. The number of halogens is 1. The van der Waals surface area contributed by atoms with Crippen molar-refractivity contribution >= 4 is 27.7 Å². The van der Waals surface area contributed by atoms with Gasteiger partial charge in [-0.2, -0.15) is 0 Å². The Bertz CT molecular complexity index is 823. The second-order valence-corrected chi connectivity index (χ2v) is 7.83. The standard InChI is InChI=1S/C22H25BrN2O3/c1-28-19-11-9-16(10-12-19)20-8-3-2-4-13-25(20)21(26)15-24-22(27)17-6-5-7-18(23)14-17/h5-7,9-12,14,20H,2-4,8,13,15H2,1H3,(H,24,27). The van der Waals surface area contributed by atoms with Gasteiger partial charge in [0.05, 0.1) is 19.7 Å². The molecule has 0 aromatic heterocycles. The highest BCUT2D eigenvalue weighted by atomic mass is 79.9. The number of likely N-dealkylation sites (tertiary alicyclic amines) is 1. The van der Waals surface area contributed by atoms with E-state index in [0.717, 1.165) is 41.5 Å². The van der Waals surface area contributed by atoms with Gasteiger partial charge in [-0.25, -0.2) is 0 Å². The normalized spacial score (nSPS) is 16.9. The maximum absolute atomic E-state index is 12.9. The Morgan fingerprint density at radius 2 is 1.93 bits per heavy atom. The first-order valence-electron chi connectivity index (χ1n) is 9.55. The van der Waals surface area contributed by atoms with Crippen molar-refractivity contribution in [2.45, 2.75) is 31.7 Å². The molecule has 0 aliphatic carbocycles. The van der Waals surface area contributed by atoms with E-state index < -0.39 is 0 Å². The van der Waals surface area contributed by atoms with Crippen molar-refractivity contribution in [3.05, 3.63) is 64.1 Å². The van der Waals surface area contributed by atoms with Crippen LogP contribution in [0.5, 0.6) is 5.75 Å². The van der Waals surface area contributed by atoms with Crippen LogP contribution in [-0.4, -0.2) is 36.9 Å². The number of hydrogen-bond acceptors (Lipinski definition) is 3. The van der Waals surface area contributed by atoms with Gasteiger partial charge in [-0.05, 0) is 48.7 Å². The fourth-order valence-corrected chi connectivity index (χ4v) is 3.97. The minimum atomic E-state index is -0.245. The summed E-state index contributed by atoms with van der Waals surface area (Å²) >= 11 is 3.36. The largest absolute Gasteiger partial charge is 0.497 e. The summed E-state index contributed by atoms with van der Waals surface area (Å²) in [6.45, 7) is 0.709. The lowest BCUT2D eigenvalue weighted by atomic mass is 10.0. The van der Waals surface area contributed by atoms with Gasteiger partial charge in [0.2, 0.25) is 5.91 Å². The Hall–Kier alpha value is -2.34. The van der Waals surface area contributed by atoms with Gasteiger partial charge in [0, 0.05) is 16.6 Å². The molecule has 1 aliphatic heterocycles. The number of carbonyl (C=O) groups is 2. The van der Waals surface area contributed by atoms with E-state index in [2.05, 4.69) is 21.2 Å². The second kappa shape index (κ2) is 9.73. The van der Waals surface area contributed by atoms with E-state index in [9.17, 15) is 9.59 Å². The molecular weight excluding hydrogens is 420 g/mol. The van der Waals surface area contributed by atoms with Crippen LogP contribution in [0.2, 0.25) is 0 Å². The van der Waals surface area contributed by atoms with Gasteiger partial charge in [-0.1, -0.05) is 47.0 Å². The maximum atomic E-state index is 12.9. The van der Waals surface area contributed by atoms with Crippen LogP contribution in [0.25, 0.3) is 0 Å². The summed E-state index contributed by atoms with van der Waals surface area (Å²) in [5.41, 5.74) is 1.64. The molecule has 5 nitrogen and oxygen atoms in total. The lowest BCUT2D eigenvalue weighted by Crippen LogP contribution is -2.42. The molecule has 1 N–H and O–H groups in total. The molecule has 1 atom stereocenters. The predicted molar refractivity (Wildman–Crippen MR) is 112 cm³/mol. The minimum Gasteiger partial charge on any atom is -0.497 e. The molecule has 2 aromatic carbocycles. The van der Waals surface area contributed by atoms with E-state index in [4.69, 9.17) is 4.74 Å². The van der Waals surface area contributed by atoms with Crippen molar-refractivity contribution in [3.8, 4) is 5.75 Å². The molecule has 2 amide bonds. The number of carbonyl (C=O) groups excluding carboxylic acids is 2. The van der Waals surface area contributed by atoms with Crippen LogP contribution >= 0.6 is 15.9 Å². The monoisotopic (exact) mass is 444 g/mol. The lowest BCUT2D eigenvalue weighted by molar-refractivity contribution is -0.132. The van der Waals surface area contributed by atoms with Gasteiger partial charge >= 0.3 is 0 Å². The van der Waals surface area contributed by atoms with Gasteiger partial charge in [0.15, 0.2) is 0 Å². The SMILES string of the molecule is COc1ccc(C2CCCCCN2C(=O)CNC(=O)c2cccc(Br)c2)cc1.